The zero-order chi connectivity index (χ0) is 14.2. The van der Waals surface area contributed by atoms with Crippen molar-refractivity contribution < 1.29 is 14.4 Å². The summed E-state index contributed by atoms with van der Waals surface area (Å²) in [7, 11) is 0. The predicted octanol–water partition coefficient (Wildman–Crippen LogP) is 0.607. The molecule has 2 aliphatic rings. The van der Waals surface area contributed by atoms with E-state index in [2.05, 4.69) is 26.6 Å². The predicted molar refractivity (Wildman–Crippen MR) is 72.8 cm³/mol. The highest BCUT2D eigenvalue weighted by molar-refractivity contribution is 9.10. The zero-order valence-electron chi connectivity index (χ0n) is 11.0. The van der Waals surface area contributed by atoms with Crippen LogP contribution >= 0.6 is 15.9 Å². The molecule has 2 rings (SSSR count). The molecule has 106 valence electrons. The van der Waals surface area contributed by atoms with Crippen molar-refractivity contribution in [1.29, 1.82) is 0 Å². The van der Waals surface area contributed by atoms with Gasteiger partial charge in [-0.2, -0.15) is 0 Å². The minimum atomic E-state index is -0.936. The number of nitrogens with zero attached hydrogens (tertiary/aromatic N) is 1. The number of likely N-dealkylation sites (tertiary alicyclic amines) is 1. The molecule has 2 heterocycles. The molecule has 2 aliphatic heterocycles. The van der Waals surface area contributed by atoms with E-state index < -0.39 is 11.6 Å². The molecule has 4 amide bonds. The van der Waals surface area contributed by atoms with Crippen LogP contribution in [0.2, 0.25) is 0 Å². The highest BCUT2D eigenvalue weighted by atomic mass is 79.9. The Balaban J connectivity index is 2.11. The molecule has 2 unspecified atom stereocenters. The Morgan fingerprint density at radius 3 is 2.63 bits per heavy atom. The molecule has 0 aromatic heterocycles. The molecule has 6 nitrogen and oxygen atoms in total. The lowest BCUT2D eigenvalue weighted by atomic mass is 9.89. The lowest BCUT2D eigenvalue weighted by molar-refractivity contribution is -0.136. The molecule has 0 aromatic carbocycles. The average molecular weight is 332 g/mol. The van der Waals surface area contributed by atoms with Gasteiger partial charge in [0.15, 0.2) is 0 Å². The summed E-state index contributed by atoms with van der Waals surface area (Å²) in [5.41, 5.74) is -0.936. The largest absolute Gasteiger partial charge is 0.339 e. The number of nitrogens with one attached hydrogen (secondary N) is 2. The number of hydrogen-bond acceptors (Lipinski definition) is 3. The van der Waals surface area contributed by atoms with Gasteiger partial charge in [-0.3, -0.25) is 14.9 Å². The van der Waals surface area contributed by atoms with E-state index in [1.165, 1.54) is 0 Å². The highest BCUT2D eigenvalue weighted by Gasteiger charge is 2.49. The number of alkyl halides is 1. The van der Waals surface area contributed by atoms with Crippen LogP contribution < -0.4 is 10.6 Å². The van der Waals surface area contributed by atoms with Crippen LogP contribution in [-0.4, -0.2) is 46.2 Å². The molecular formula is C12H18BrN3O3. The number of carbonyl (C=O) groups is 3. The first-order valence-corrected chi connectivity index (χ1v) is 7.34. The van der Waals surface area contributed by atoms with Crippen molar-refractivity contribution in [2.45, 2.75) is 37.1 Å². The summed E-state index contributed by atoms with van der Waals surface area (Å²) in [5.74, 6) is -0.175. The van der Waals surface area contributed by atoms with E-state index in [0.29, 0.717) is 19.4 Å². The summed E-state index contributed by atoms with van der Waals surface area (Å²) in [5, 5.41) is 4.91. The molecule has 19 heavy (non-hydrogen) atoms. The molecule has 0 aliphatic carbocycles. The second kappa shape index (κ2) is 5.11. The first-order valence-electron chi connectivity index (χ1n) is 6.42. The normalized spacial score (nSPS) is 28.5. The summed E-state index contributed by atoms with van der Waals surface area (Å²) in [6.07, 6.45) is 1.28. The van der Waals surface area contributed by atoms with Crippen LogP contribution in [0.4, 0.5) is 4.79 Å². The van der Waals surface area contributed by atoms with Gasteiger partial charge in [0.1, 0.15) is 5.54 Å². The molecule has 2 saturated heterocycles. The van der Waals surface area contributed by atoms with Crippen LogP contribution in [0.1, 0.15) is 26.7 Å². The molecule has 0 radical (unpaired) electrons. The first-order chi connectivity index (χ1) is 8.85. The Hall–Kier alpha value is -1.11. The number of hydrogen-bond donors (Lipinski definition) is 2. The fraction of sp³-hybridized carbons (Fsp3) is 0.750. The fourth-order valence-corrected chi connectivity index (χ4v) is 2.81. The van der Waals surface area contributed by atoms with E-state index in [1.807, 2.05) is 13.8 Å². The number of rotatable bonds is 2. The number of piperidine rings is 1. The van der Waals surface area contributed by atoms with Crippen molar-refractivity contribution in [3.63, 3.8) is 0 Å². The molecular weight excluding hydrogens is 314 g/mol. The van der Waals surface area contributed by atoms with E-state index in [-0.39, 0.29) is 29.1 Å². The molecule has 0 bridgehead atoms. The smallest absolute Gasteiger partial charge is 0.322 e. The lowest BCUT2D eigenvalue weighted by Crippen LogP contribution is -2.60. The van der Waals surface area contributed by atoms with Crippen molar-refractivity contribution in [3.05, 3.63) is 0 Å². The second-order valence-corrected chi connectivity index (χ2v) is 6.49. The minimum Gasteiger partial charge on any atom is -0.339 e. The van der Waals surface area contributed by atoms with Gasteiger partial charge in [-0.25, -0.2) is 4.79 Å². The van der Waals surface area contributed by atoms with Crippen LogP contribution in [0.25, 0.3) is 0 Å². The van der Waals surface area contributed by atoms with E-state index in [1.54, 1.807) is 4.90 Å². The maximum atomic E-state index is 12.3. The topological polar surface area (TPSA) is 78.5 Å². The van der Waals surface area contributed by atoms with Gasteiger partial charge in [-0.05, 0) is 18.8 Å². The molecule has 2 atom stereocenters. The summed E-state index contributed by atoms with van der Waals surface area (Å²) in [4.78, 5) is 36.9. The van der Waals surface area contributed by atoms with Crippen molar-refractivity contribution in [1.82, 2.24) is 15.5 Å². The van der Waals surface area contributed by atoms with Gasteiger partial charge in [0.2, 0.25) is 5.91 Å². The van der Waals surface area contributed by atoms with Crippen LogP contribution in [-0.2, 0) is 9.59 Å². The number of halogens is 1. The van der Waals surface area contributed by atoms with Crippen molar-refractivity contribution in [2.75, 3.05) is 13.1 Å². The third-order valence-corrected chi connectivity index (χ3v) is 5.09. The number of imide groups is 1. The Morgan fingerprint density at radius 1 is 1.42 bits per heavy atom. The van der Waals surface area contributed by atoms with E-state index in [9.17, 15) is 14.4 Å². The summed E-state index contributed by atoms with van der Waals surface area (Å²) >= 11 is 3.39. The van der Waals surface area contributed by atoms with Crippen molar-refractivity contribution in [3.8, 4) is 0 Å². The maximum absolute atomic E-state index is 12.3. The highest BCUT2D eigenvalue weighted by Crippen LogP contribution is 2.26. The quantitative estimate of drug-likeness (QED) is 0.574. The average Bonchev–Trinajstić information content (AvgIpc) is 2.62. The van der Waals surface area contributed by atoms with Gasteiger partial charge in [0.25, 0.3) is 5.91 Å². The third-order valence-electron chi connectivity index (χ3n) is 3.64. The van der Waals surface area contributed by atoms with Gasteiger partial charge in [0, 0.05) is 6.54 Å². The molecule has 1 spiro atoms. The monoisotopic (exact) mass is 331 g/mol. The SMILES string of the molecule is CC(C)C(Br)C(=O)N1CCCC2(C1)NC(=O)NC2=O. The Bertz CT molecular complexity index is 426. The zero-order valence-corrected chi connectivity index (χ0v) is 12.6. The summed E-state index contributed by atoms with van der Waals surface area (Å²) in [6, 6.07) is -0.474. The molecule has 0 saturated carbocycles. The van der Waals surface area contributed by atoms with Gasteiger partial charge in [-0.1, -0.05) is 29.8 Å². The van der Waals surface area contributed by atoms with E-state index in [0.717, 1.165) is 0 Å². The number of carbonyl (C=O) groups excluding carboxylic acids is 3. The molecule has 0 aromatic rings. The Labute approximate surface area is 120 Å². The van der Waals surface area contributed by atoms with E-state index >= 15 is 0 Å². The Kier molecular flexibility index (Phi) is 3.85. The fourth-order valence-electron chi connectivity index (χ4n) is 2.52. The van der Waals surface area contributed by atoms with Crippen molar-refractivity contribution >= 4 is 33.8 Å². The van der Waals surface area contributed by atoms with Crippen LogP contribution in [0, 0.1) is 5.92 Å². The lowest BCUT2D eigenvalue weighted by Gasteiger charge is -2.39. The number of amides is 4. The second-order valence-electron chi connectivity index (χ2n) is 5.50. The van der Waals surface area contributed by atoms with Gasteiger partial charge >= 0.3 is 6.03 Å². The number of urea groups is 1. The summed E-state index contributed by atoms with van der Waals surface area (Å²) in [6.45, 7) is 4.79. The van der Waals surface area contributed by atoms with Crippen LogP contribution in [0.5, 0.6) is 0 Å². The standard InChI is InChI=1S/C12H18BrN3O3/c1-7(2)8(13)9(17)16-5-3-4-12(6-16)10(18)14-11(19)15-12/h7-8H,3-6H2,1-2H3,(H2,14,15,18,19). The molecule has 7 heteroatoms. The van der Waals surface area contributed by atoms with Crippen molar-refractivity contribution in [2.24, 2.45) is 5.92 Å². The molecule has 2 N–H and O–H groups in total. The van der Waals surface area contributed by atoms with Gasteiger partial charge in [0.05, 0.1) is 11.4 Å². The Morgan fingerprint density at radius 2 is 2.11 bits per heavy atom. The van der Waals surface area contributed by atoms with Gasteiger partial charge < -0.3 is 10.2 Å². The summed E-state index contributed by atoms with van der Waals surface area (Å²) < 4.78 is 0. The first kappa shape index (κ1) is 14.3. The van der Waals surface area contributed by atoms with Crippen LogP contribution in [0.15, 0.2) is 0 Å². The van der Waals surface area contributed by atoms with E-state index in [4.69, 9.17) is 0 Å². The van der Waals surface area contributed by atoms with Crippen LogP contribution in [0.3, 0.4) is 0 Å². The molecule has 2 fully saturated rings. The minimum absolute atomic E-state index is 0.0250. The van der Waals surface area contributed by atoms with Gasteiger partial charge in [-0.15, -0.1) is 0 Å². The maximum Gasteiger partial charge on any atom is 0.322 e. The third kappa shape index (κ3) is 2.61.